The van der Waals surface area contributed by atoms with Crippen LogP contribution in [-0.2, 0) is 0 Å². The number of rotatable bonds is 6. The zero-order valence-corrected chi connectivity index (χ0v) is 24.3. The van der Waals surface area contributed by atoms with Crippen molar-refractivity contribution < 1.29 is 15.3 Å². The molecule has 3 aromatic carbocycles. The van der Waals surface area contributed by atoms with Gasteiger partial charge in [0.2, 0.25) is 0 Å². The van der Waals surface area contributed by atoms with Crippen LogP contribution in [0.5, 0.6) is 17.2 Å². The number of phenols is 3. The van der Waals surface area contributed by atoms with Gasteiger partial charge in [-0.3, -0.25) is 15.0 Å². The van der Waals surface area contributed by atoms with Gasteiger partial charge in [0.25, 0.3) is 0 Å². The van der Waals surface area contributed by atoms with Crippen molar-refractivity contribution in [3.05, 3.63) is 108 Å². The van der Waals surface area contributed by atoms with E-state index in [4.69, 9.17) is 15.0 Å². The Balaban J connectivity index is 1.15. The van der Waals surface area contributed by atoms with Gasteiger partial charge < -0.3 is 15.3 Å². The molecule has 9 heteroatoms. The number of hydrogen-bond donors (Lipinski definition) is 3. The molecular formula is C36H30N6O3. The number of pyridine rings is 3. The highest BCUT2D eigenvalue weighted by Gasteiger charge is 2.28. The van der Waals surface area contributed by atoms with Gasteiger partial charge in [0, 0.05) is 34.8 Å². The van der Waals surface area contributed by atoms with Crippen LogP contribution in [0.2, 0.25) is 0 Å². The molecule has 7 rings (SSSR count). The van der Waals surface area contributed by atoms with E-state index in [-0.39, 0.29) is 35.4 Å². The Morgan fingerprint density at radius 3 is 1.07 bits per heavy atom. The number of benzene rings is 3. The summed E-state index contributed by atoms with van der Waals surface area (Å²) in [7, 11) is 0. The first-order chi connectivity index (χ1) is 22.0. The van der Waals surface area contributed by atoms with Gasteiger partial charge in [0.1, 0.15) is 33.8 Å². The molecule has 0 unspecified atom stereocenters. The highest BCUT2D eigenvalue weighted by atomic mass is 16.3. The fourth-order valence-electron chi connectivity index (χ4n) is 5.80. The Morgan fingerprint density at radius 2 is 0.756 bits per heavy atom. The lowest BCUT2D eigenvalue weighted by molar-refractivity contribution is 0.358. The largest absolute Gasteiger partial charge is 0.506 e. The summed E-state index contributed by atoms with van der Waals surface area (Å²) in [4.78, 5) is 28.5. The van der Waals surface area contributed by atoms with Gasteiger partial charge in [-0.1, -0.05) is 54.6 Å². The average Bonchev–Trinajstić information content (AvgIpc) is 3.06. The van der Waals surface area contributed by atoms with E-state index >= 15 is 0 Å². The van der Waals surface area contributed by atoms with Crippen LogP contribution in [-0.4, -0.2) is 67.0 Å². The van der Waals surface area contributed by atoms with E-state index in [0.717, 1.165) is 35.4 Å². The van der Waals surface area contributed by atoms with Crippen LogP contribution in [0.15, 0.2) is 106 Å². The van der Waals surface area contributed by atoms with E-state index in [9.17, 15) is 15.3 Å². The van der Waals surface area contributed by atoms with Gasteiger partial charge in [0.15, 0.2) is 0 Å². The zero-order chi connectivity index (χ0) is 30.8. The summed E-state index contributed by atoms with van der Waals surface area (Å²) in [5.74, 6) is 0.404. The Labute approximate surface area is 259 Å². The Kier molecular flexibility index (Phi) is 7.57. The predicted octanol–water partition coefficient (Wildman–Crippen LogP) is 6.39. The average molecular weight is 595 g/mol. The lowest BCUT2D eigenvalue weighted by Crippen LogP contribution is -2.30. The first kappa shape index (κ1) is 28.1. The van der Waals surface area contributed by atoms with Crippen LogP contribution >= 0.6 is 0 Å². The lowest BCUT2D eigenvalue weighted by atomic mass is 9.88. The maximum atomic E-state index is 10.3. The molecule has 3 aromatic heterocycles. The Hall–Kier alpha value is -5.70. The molecule has 0 amide bonds. The summed E-state index contributed by atoms with van der Waals surface area (Å²) in [6.45, 7) is 0. The Morgan fingerprint density at radius 1 is 0.444 bits per heavy atom. The van der Waals surface area contributed by atoms with Gasteiger partial charge in [-0.15, -0.1) is 0 Å². The van der Waals surface area contributed by atoms with Crippen molar-refractivity contribution in [2.24, 2.45) is 15.0 Å². The number of fused-ring (bicyclic) bond motifs is 3. The van der Waals surface area contributed by atoms with Crippen molar-refractivity contribution in [1.29, 1.82) is 0 Å². The number of para-hydroxylation sites is 3. The van der Waals surface area contributed by atoms with Crippen molar-refractivity contribution in [2.75, 3.05) is 0 Å². The molecule has 1 fully saturated rings. The van der Waals surface area contributed by atoms with E-state index in [1.807, 2.05) is 54.6 Å². The van der Waals surface area contributed by atoms with E-state index < -0.39 is 0 Å². The molecule has 222 valence electrons. The second-order valence-corrected chi connectivity index (χ2v) is 11.3. The highest BCUT2D eigenvalue weighted by Crippen LogP contribution is 2.28. The molecule has 0 saturated heterocycles. The van der Waals surface area contributed by atoms with Crippen molar-refractivity contribution in [2.45, 2.75) is 37.4 Å². The lowest BCUT2D eigenvalue weighted by Gasteiger charge is -2.29. The number of nitrogens with zero attached hydrogens (tertiary/aromatic N) is 6. The minimum absolute atomic E-state index is 0.0628. The van der Waals surface area contributed by atoms with Gasteiger partial charge in [-0.25, -0.2) is 15.0 Å². The normalized spacial score (nSPS) is 19.1. The fourth-order valence-corrected chi connectivity index (χ4v) is 5.80. The summed E-state index contributed by atoms with van der Waals surface area (Å²) in [6, 6.07) is 27.2. The van der Waals surface area contributed by atoms with Crippen LogP contribution in [0.25, 0.3) is 32.7 Å². The van der Waals surface area contributed by atoms with E-state index in [2.05, 4.69) is 15.0 Å². The van der Waals surface area contributed by atoms with Gasteiger partial charge in [0.05, 0.1) is 35.2 Å². The van der Waals surface area contributed by atoms with E-state index in [1.54, 1.807) is 55.0 Å². The summed E-state index contributed by atoms with van der Waals surface area (Å²) in [5, 5.41) is 33.4. The number of phenolic OH excluding ortho intramolecular Hbond substituents is 3. The van der Waals surface area contributed by atoms with Crippen LogP contribution in [0.1, 0.15) is 36.3 Å². The summed E-state index contributed by atoms with van der Waals surface area (Å²) in [5.41, 5.74) is 3.61. The molecule has 1 aliphatic carbocycles. The second-order valence-electron chi connectivity index (χ2n) is 11.3. The Bertz CT molecular complexity index is 1880. The maximum Gasteiger partial charge on any atom is 0.141 e. The smallest absolute Gasteiger partial charge is 0.141 e. The third-order valence-corrected chi connectivity index (χ3v) is 8.05. The SMILES string of the molecule is Oc1cccc2ccc(C=NC3CC(N=Cc4ccc5cccc(O)c5n4)CC(N=Cc4ccc5cccc(O)c5n4)C3)nc12. The molecule has 1 aliphatic rings. The molecular weight excluding hydrogens is 564 g/mol. The summed E-state index contributed by atoms with van der Waals surface area (Å²) in [6.07, 6.45) is 7.43. The first-order valence-corrected chi connectivity index (χ1v) is 14.8. The number of aliphatic imine (C=N–C) groups is 3. The summed E-state index contributed by atoms with van der Waals surface area (Å²) >= 11 is 0. The molecule has 9 nitrogen and oxygen atoms in total. The van der Waals surface area contributed by atoms with Crippen LogP contribution in [0, 0.1) is 0 Å². The number of aromatic hydroxyl groups is 3. The molecule has 0 spiro atoms. The minimum atomic E-state index is -0.0628. The number of aromatic nitrogens is 3. The van der Waals surface area contributed by atoms with Gasteiger partial charge in [-0.2, -0.15) is 0 Å². The second kappa shape index (κ2) is 12.1. The molecule has 45 heavy (non-hydrogen) atoms. The van der Waals surface area contributed by atoms with Crippen LogP contribution in [0.4, 0.5) is 0 Å². The number of hydrogen-bond acceptors (Lipinski definition) is 9. The van der Waals surface area contributed by atoms with E-state index in [0.29, 0.717) is 33.6 Å². The van der Waals surface area contributed by atoms with Crippen molar-refractivity contribution in [1.82, 2.24) is 15.0 Å². The fraction of sp³-hybridized carbons (Fsp3) is 0.167. The highest BCUT2D eigenvalue weighted by molar-refractivity contribution is 5.90. The van der Waals surface area contributed by atoms with Crippen LogP contribution < -0.4 is 0 Å². The first-order valence-electron chi connectivity index (χ1n) is 14.8. The standard InChI is InChI=1S/C36H30N6O3/c43-31-7-1-4-22-10-13-25(40-34(22)31)19-37-28-16-29(38-20-26-14-11-23-5-2-8-32(44)35(23)41-26)18-30(17-28)39-21-27-15-12-24-6-3-9-33(45)36(24)42-27/h1-15,19-21,28-30,43-45H,16-18H2. The van der Waals surface area contributed by atoms with Crippen molar-refractivity contribution in [3.8, 4) is 17.2 Å². The molecule has 6 aromatic rings. The molecule has 0 radical (unpaired) electrons. The molecule has 0 bridgehead atoms. The van der Waals surface area contributed by atoms with Gasteiger partial charge >= 0.3 is 0 Å². The van der Waals surface area contributed by atoms with Gasteiger partial charge in [-0.05, 0) is 55.7 Å². The molecule has 3 heterocycles. The monoisotopic (exact) mass is 594 g/mol. The third-order valence-electron chi connectivity index (χ3n) is 8.05. The van der Waals surface area contributed by atoms with E-state index in [1.165, 1.54) is 0 Å². The maximum absolute atomic E-state index is 10.3. The topological polar surface area (TPSA) is 136 Å². The van der Waals surface area contributed by atoms with Crippen molar-refractivity contribution >= 4 is 51.4 Å². The quantitative estimate of drug-likeness (QED) is 0.191. The van der Waals surface area contributed by atoms with Crippen LogP contribution in [0.3, 0.4) is 0 Å². The molecule has 0 atom stereocenters. The molecule has 1 saturated carbocycles. The molecule has 3 N–H and O–H groups in total. The summed E-state index contributed by atoms with van der Waals surface area (Å²) < 4.78 is 0. The molecule has 0 aliphatic heterocycles. The zero-order valence-electron chi connectivity index (χ0n) is 24.3. The minimum Gasteiger partial charge on any atom is -0.506 e. The van der Waals surface area contributed by atoms with Crippen molar-refractivity contribution in [3.63, 3.8) is 0 Å². The predicted molar refractivity (Wildman–Crippen MR) is 178 cm³/mol. The third kappa shape index (κ3) is 6.19.